The van der Waals surface area contributed by atoms with Crippen molar-refractivity contribution >= 4 is 17.0 Å². The number of anilines is 1. The van der Waals surface area contributed by atoms with E-state index in [1.807, 2.05) is 10.6 Å². The van der Waals surface area contributed by atoms with E-state index < -0.39 is 0 Å². The smallest absolute Gasteiger partial charge is 0.199 e. The molecule has 0 saturated heterocycles. The van der Waals surface area contributed by atoms with Crippen molar-refractivity contribution in [3.8, 4) is 23.4 Å². The van der Waals surface area contributed by atoms with Gasteiger partial charge >= 0.3 is 0 Å². The summed E-state index contributed by atoms with van der Waals surface area (Å²) in [7, 11) is 0. The SMILES string of the molecule is CCCCC#Cc1nc2c(N)nc(-c3ccco3)nc2n1CCC. The van der Waals surface area contributed by atoms with E-state index in [9.17, 15) is 0 Å². The Morgan fingerprint density at radius 1 is 1.21 bits per heavy atom. The Labute approximate surface area is 141 Å². The molecule has 6 nitrogen and oxygen atoms in total. The van der Waals surface area contributed by atoms with Gasteiger partial charge in [0.05, 0.1) is 6.26 Å². The molecule has 0 bridgehead atoms. The van der Waals surface area contributed by atoms with Crippen molar-refractivity contribution in [2.75, 3.05) is 5.73 Å². The number of rotatable bonds is 5. The first-order chi connectivity index (χ1) is 11.7. The molecule has 2 N–H and O–H groups in total. The van der Waals surface area contributed by atoms with E-state index in [1.165, 1.54) is 0 Å². The normalized spacial score (nSPS) is 10.8. The number of unbranched alkanes of at least 4 members (excludes halogenated alkanes) is 2. The third kappa shape index (κ3) is 3.11. The first-order valence-corrected chi connectivity index (χ1v) is 8.31. The second-order valence-electron chi connectivity index (χ2n) is 5.57. The van der Waals surface area contributed by atoms with Gasteiger partial charge in [0.2, 0.25) is 0 Å². The van der Waals surface area contributed by atoms with Gasteiger partial charge < -0.3 is 14.7 Å². The van der Waals surface area contributed by atoms with Crippen LogP contribution in [0.4, 0.5) is 5.82 Å². The third-order valence-electron chi connectivity index (χ3n) is 3.67. The molecule has 24 heavy (non-hydrogen) atoms. The van der Waals surface area contributed by atoms with Crippen LogP contribution in [0.1, 0.15) is 45.4 Å². The molecule has 0 unspecified atom stereocenters. The number of fused-ring (bicyclic) bond motifs is 1. The number of imidazole rings is 1. The summed E-state index contributed by atoms with van der Waals surface area (Å²) in [5, 5.41) is 0. The lowest BCUT2D eigenvalue weighted by molar-refractivity contribution is 0.577. The summed E-state index contributed by atoms with van der Waals surface area (Å²) in [5.74, 6) is 8.43. The number of hydrogen-bond acceptors (Lipinski definition) is 5. The van der Waals surface area contributed by atoms with Crippen molar-refractivity contribution in [3.05, 3.63) is 24.2 Å². The molecule has 3 heterocycles. The van der Waals surface area contributed by atoms with Crippen LogP contribution in [0.15, 0.2) is 22.8 Å². The van der Waals surface area contributed by atoms with Gasteiger partial charge in [0.25, 0.3) is 0 Å². The average molecular weight is 323 g/mol. The molecule has 6 heteroatoms. The Hall–Kier alpha value is -2.81. The lowest BCUT2D eigenvalue weighted by Crippen LogP contribution is -2.03. The maximum atomic E-state index is 6.10. The summed E-state index contributed by atoms with van der Waals surface area (Å²) in [6.45, 7) is 5.04. The maximum absolute atomic E-state index is 6.10. The largest absolute Gasteiger partial charge is 0.461 e. The van der Waals surface area contributed by atoms with E-state index in [1.54, 1.807) is 12.3 Å². The van der Waals surface area contributed by atoms with Gasteiger partial charge in [-0.3, -0.25) is 0 Å². The van der Waals surface area contributed by atoms with Crippen LogP contribution < -0.4 is 5.73 Å². The van der Waals surface area contributed by atoms with Crippen molar-refractivity contribution in [2.45, 2.75) is 46.1 Å². The average Bonchev–Trinajstić information content (AvgIpc) is 3.21. The first-order valence-electron chi connectivity index (χ1n) is 8.31. The molecule has 0 aliphatic heterocycles. The summed E-state index contributed by atoms with van der Waals surface area (Å²) in [6, 6.07) is 3.61. The molecular weight excluding hydrogens is 302 g/mol. The predicted molar refractivity (Wildman–Crippen MR) is 94.1 cm³/mol. The summed E-state index contributed by atoms with van der Waals surface area (Å²) in [6.07, 6.45) is 5.63. The Morgan fingerprint density at radius 3 is 2.79 bits per heavy atom. The number of aryl methyl sites for hydroxylation is 1. The van der Waals surface area contributed by atoms with Gasteiger partial charge in [0.1, 0.15) is 0 Å². The molecule has 124 valence electrons. The highest BCUT2D eigenvalue weighted by Gasteiger charge is 2.17. The van der Waals surface area contributed by atoms with Gasteiger partial charge in [-0.1, -0.05) is 26.2 Å². The Morgan fingerprint density at radius 2 is 2.08 bits per heavy atom. The van der Waals surface area contributed by atoms with Gasteiger partial charge in [0.15, 0.2) is 34.4 Å². The number of nitrogens with two attached hydrogens (primary N) is 1. The van der Waals surface area contributed by atoms with E-state index in [-0.39, 0.29) is 0 Å². The van der Waals surface area contributed by atoms with Crippen LogP contribution >= 0.6 is 0 Å². The van der Waals surface area contributed by atoms with E-state index in [2.05, 4.69) is 40.6 Å². The van der Waals surface area contributed by atoms with Crippen LogP contribution in [0.5, 0.6) is 0 Å². The second kappa shape index (κ2) is 7.18. The highest BCUT2D eigenvalue weighted by atomic mass is 16.3. The number of nitrogen functional groups attached to an aromatic ring is 1. The molecule has 0 atom stereocenters. The van der Waals surface area contributed by atoms with E-state index in [0.29, 0.717) is 34.4 Å². The Kier molecular flexibility index (Phi) is 4.80. The molecule has 0 radical (unpaired) electrons. The zero-order valence-electron chi connectivity index (χ0n) is 14.0. The molecule has 3 aromatic heterocycles. The Balaban J connectivity index is 2.11. The zero-order chi connectivity index (χ0) is 16.9. The molecule has 0 aromatic carbocycles. The number of hydrogen-bond donors (Lipinski definition) is 1. The minimum Gasteiger partial charge on any atom is -0.461 e. The molecule has 0 saturated carbocycles. The van der Waals surface area contributed by atoms with Gasteiger partial charge in [-0.25, -0.2) is 15.0 Å². The van der Waals surface area contributed by atoms with Gasteiger partial charge in [0, 0.05) is 13.0 Å². The molecular formula is C18H21N5O. The van der Waals surface area contributed by atoms with Crippen molar-refractivity contribution in [2.24, 2.45) is 0 Å². The van der Waals surface area contributed by atoms with E-state index >= 15 is 0 Å². The fourth-order valence-corrected chi connectivity index (χ4v) is 2.48. The summed E-state index contributed by atoms with van der Waals surface area (Å²) < 4.78 is 7.40. The molecule has 0 aliphatic rings. The standard InChI is InChI=1S/C18H21N5O/c1-3-5-6-7-10-14-20-15-16(19)21-17(13-9-8-12-24-13)22-18(15)23(14)11-4-2/h8-9,12H,3-6,11H2,1-2H3,(H2,19,21,22). The molecule has 3 rings (SSSR count). The van der Waals surface area contributed by atoms with Crippen LogP contribution in [0, 0.1) is 11.8 Å². The molecule has 0 spiro atoms. The van der Waals surface area contributed by atoms with Crippen LogP contribution in [0.3, 0.4) is 0 Å². The molecule has 0 fully saturated rings. The van der Waals surface area contributed by atoms with Crippen molar-refractivity contribution in [1.29, 1.82) is 0 Å². The molecule has 0 aliphatic carbocycles. The van der Waals surface area contributed by atoms with Crippen LogP contribution in [0.2, 0.25) is 0 Å². The molecule has 3 aromatic rings. The lowest BCUT2D eigenvalue weighted by Gasteiger charge is -2.04. The quantitative estimate of drug-likeness (QED) is 0.573. The minimum absolute atomic E-state index is 0.345. The van der Waals surface area contributed by atoms with E-state index in [4.69, 9.17) is 10.2 Å². The summed E-state index contributed by atoms with van der Waals surface area (Å²) in [4.78, 5) is 13.5. The van der Waals surface area contributed by atoms with Gasteiger partial charge in [-0.15, -0.1) is 0 Å². The lowest BCUT2D eigenvalue weighted by atomic mass is 10.2. The second-order valence-corrected chi connectivity index (χ2v) is 5.57. The summed E-state index contributed by atoms with van der Waals surface area (Å²) in [5.41, 5.74) is 7.40. The highest BCUT2D eigenvalue weighted by molar-refractivity contribution is 5.84. The zero-order valence-corrected chi connectivity index (χ0v) is 14.0. The highest BCUT2D eigenvalue weighted by Crippen LogP contribution is 2.24. The van der Waals surface area contributed by atoms with Crippen molar-refractivity contribution < 1.29 is 4.42 Å². The van der Waals surface area contributed by atoms with Crippen LogP contribution in [-0.4, -0.2) is 19.5 Å². The number of nitrogens with zero attached hydrogens (tertiary/aromatic N) is 4. The first kappa shape index (κ1) is 16.1. The summed E-state index contributed by atoms with van der Waals surface area (Å²) >= 11 is 0. The third-order valence-corrected chi connectivity index (χ3v) is 3.67. The number of furan rings is 1. The van der Waals surface area contributed by atoms with Gasteiger partial charge in [-0.2, -0.15) is 0 Å². The maximum Gasteiger partial charge on any atom is 0.199 e. The topological polar surface area (TPSA) is 82.8 Å². The molecule has 0 amide bonds. The van der Waals surface area contributed by atoms with Gasteiger partial charge in [-0.05, 0) is 30.9 Å². The predicted octanol–water partition coefficient (Wildman–Crippen LogP) is 3.62. The van der Waals surface area contributed by atoms with Crippen molar-refractivity contribution in [1.82, 2.24) is 19.5 Å². The fraction of sp³-hybridized carbons (Fsp3) is 0.389. The number of aromatic nitrogens is 4. The monoisotopic (exact) mass is 323 g/mol. The Bertz CT molecular complexity index is 884. The van der Waals surface area contributed by atoms with Crippen LogP contribution in [0.25, 0.3) is 22.7 Å². The van der Waals surface area contributed by atoms with E-state index in [0.717, 1.165) is 32.2 Å². The minimum atomic E-state index is 0.345. The van der Waals surface area contributed by atoms with Crippen molar-refractivity contribution in [3.63, 3.8) is 0 Å². The fourth-order valence-electron chi connectivity index (χ4n) is 2.48. The van der Waals surface area contributed by atoms with Crippen LogP contribution in [-0.2, 0) is 6.54 Å².